The predicted octanol–water partition coefficient (Wildman–Crippen LogP) is 6.06. The van der Waals surface area contributed by atoms with E-state index in [9.17, 15) is 9.59 Å². The molecule has 0 fully saturated rings. The van der Waals surface area contributed by atoms with Gasteiger partial charge in [0, 0.05) is 0 Å². The van der Waals surface area contributed by atoms with Crippen LogP contribution in [0.4, 0.5) is 0 Å². The highest BCUT2D eigenvalue weighted by Gasteiger charge is 2.29. The number of carbonyl (C=O) groups is 2. The molecule has 5 heteroatoms. The lowest BCUT2D eigenvalue weighted by Gasteiger charge is -2.29. The van der Waals surface area contributed by atoms with Crippen LogP contribution >= 0.6 is 0 Å². The van der Waals surface area contributed by atoms with Gasteiger partial charge in [0.2, 0.25) is 0 Å². The van der Waals surface area contributed by atoms with E-state index in [1.807, 2.05) is 63.2 Å². The first-order valence-corrected chi connectivity index (χ1v) is 11.2. The van der Waals surface area contributed by atoms with Crippen molar-refractivity contribution in [2.75, 3.05) is 0 Å². The molecule has 0 aliphatic rings. The Kier molecular flexibility index (Phi) is 8.88. The van der Waals surface area contributed by atoms with Crippen molar-refractivity contribution in [2.45, 2.75) is 72.7 Å². The van der Waals surface area contributed by atoms with Gasteiger partial charge in [-0.15, -0.1) is 0 Å². The maximum atomic E-state index is 12.6. The van der Waals surface area contributed by atoms with Crippen LogP contribution < -0.4 is 4.74 Å². The Morgan fingerprint density at radius 2 is 1.50 bits per heavy atom. The van der Waals surface area contributed by atoms with Gasteiger partial charge < -0.3 is 14.2 Å². The second kappa shape index (κ2) is 11.2. The van der Waals surface area contributed by atoms with E-state index >= 15 is 0 Å². The maximum absolute atomic E-state index is 12.6. The third kappa shape index (κ3) is 8.03. The van der Waals surface area contributed by atoms with Gasteiger partial charge in [-0.05, 0) is 56.9 Å². The molecular weight excluding hydrogens is 404 g/mol. The topological polar surface area (TPSA) is 61.8 Å². The normalized spacial score (nSPS) is 14.4. The molecule has 0 spiro atoms. The fourth-order valence-corrected chi connectivity index (χ4v) is 3.39. The monoisotopic (exact) mass is 440 g/mol. The van der Waals surface area contributed by atoms with E-state index in [0.717, 1.165) is 16.9 Å². The summed E-state index contributed by atoms with van der Waals surface area (Å²) in [6, 6.07) is 18.0. The van der Waals surface area contributed by atoms with Crippen LogP contribution in [0.2, 0.25) is 0 Å². The van der Waals surface area contributed by atoms with Gasteiger partial charge in [-0.1, -0.05) is 63.2 Å². The number of esters is 2. The molecule has 0 aliphatic carbocycles. The number of rotatable bonds is 9. The molecule has 0 amide bonds. The zero-order chi connectivity index (χ0) is 23.9. The Morgan fingerprint density at radius 3 is 2.09 bits per heavy atom. The molecule has 3 atom stereocenters. The zero-order valence-electron chi connectivity index (χ0n) is 20.3. The average molecular weight is 441 g/mol. The smallest absolute Gasteiger partial charge is 0.309 e. The molecule has 0 saturated heterocycles. The Bertz CT molecular complexity index is 882. The van der Waals surface area contributed by atoms with Crippen LogP contribution in [-0.2, 0) is 19.1 Å². The summed E-state index contributed by atoms with van der Waals surface area (Å²) in [5, 5.41) is 0. The molecule has 2 aromatic carbocycles. The van der Waals surface area contributed by atoms with Crippen molar-refractivity contribution in [1.82, 2.24) is 0 Å². The molecule has 0 unspecified atom stereocenters. The molecule has 5 nitrogen and oxygen atoms in total. The van der Waals surface area contributed by atoms with Crippen LogP contribution in [0, 0.1) is 11.8 Å². The molecule has 0 heterocycles. The number of hydrogen-bond donors (Lipinski definition) is 0. The Balaban J connectivity index is 2.03. The Morgan fingerprint density at radius 1 is 0.875 bits per heavy atom. The van der Waals surface area contributed by atoms with Gasteiger partial charge in [0.1, 0.15) is 23.6 Å². The quantitative estimate of drug-likeness (QED) is 0.444. The highest BCUT2D eigenvalue weighted by molar-refractivity contribution is 5.80. The molecule has 2 aromatic rings. The van der Waals surface area contributed by atoms with E-state index in [0.29, 0.717) is 0 Å². The van der Waals surface area contributed by atoms with Crippen LogP contribution in [-0.4, -0.2) is 29.7 Å². The van der Waals surface area contributed by atoms with Crippen LogP contribution in [0.5, 0.6) is 5.75 Å². The number of hydrogen-bond acceptors (Lipinski definition) is 5. The minimum atomic E-state index is -0.596. The molecule has 0 aliphatic heterocycles. The summed E-state index contributed by atoms with van der Waals surface area (Å²) in [5.74, 6) is -0.616. The SMILES string of the molecule is CC(C)[C@@H](Oc1cccc(-c2ccccc2)c1)[C@H](C)OC(=O)[C@H](C)CC(=O)OC(C)(C)C. The van der Waals surface area contributed by atoms with Crippen LogP contribution in [0.3, 0.4) is 0 Å². The molecule has 0 radical (unpaired) electrons. The van der Waals surface area contributed by atoms with Crippen molar-refractivity contribution in [3.05, 3.63) is 54.6 Å². The summed E-state index contributed by atoms with van der Waals surface area (Å²) in [6.45, 7) is 13.0. The largest absolute Gasteiger partial charge is 0.486 e. The minimum Gasteiger partial charge on any atom is -0.486 e. The van der Waals surface area contributed by atoms with Gasteiger partial charge in [-0.3, -0.25) is 9.59 Å². The van der Waals surface area contributed by atoms with E-state index in [1.54, 1.807) is 27.7 Å². The van der Waals surface area contributed by atoms with E-state index in [-0.39, 0.29) is 18.4 Å². The Labute approximate surface area is 192 Å². The van der Waals surface area contributed by atoms with Crippen molar-refractivity contribution in [3.63, 3.8) is 0 Å². The molecule has 0 bridgehead atoms. The van der Waals surface area contributed by atoms with Crippen LogP contribution in [0.15, 0.2) is 54.6 Å². The summed E-state index contributed by atoms with van der Waals surface area (Å²) >= 11 is 0. The predicted molar refractivity (Wildman–Crippen MR) is 126 cm³/mol. The van der Waals surface area contributed by atoms with E-state index in [1.165, 1.54) is 0 Å². The van der Waals surface area contributed by atoms with Gasteiger partial charge in [0.05, 0.1) is 12.3 Å². The van der Waals surface area contributed by atoms with E-state index in [4.69, 9.17) is 14.2 Å². The second-order valence-electron chi connectivity index (χ2n) is 9.55. The van der Waals surface area contributed by atoms with Gasteiger partial charge in [0.25, 0.3) is 0 Å². The third-order valence-electron chi connectivity index (χ3n) is 4.93. The standard InChI is InChI=1S/C27H36O5/c1-18(2)25(20(4)30-26(29)19(3)16-24(28)32-27(5,6)7)31-23-15-11-14-22(17-23)21-12-9-8-10-13-21/h8-15,17-20,25H,16H2,1-7H3/t19-,20+,25-/m1/s1. The number of carbonyl (C=O) groups excluding carboxylic acids is 2. The lowest BCUT2D eigenvalue weighted by atomic mass is 10.0. The van der Waals surface area contributed by atoms with Gasteiger partial charge in [0.15, 0.2) is 0 Å². The van der Waals surface area contributed by atoms with Gasteiger partial charge in [-0.25, -0.2) is 0 Å². The number of ether oxygens (including phenoxy) is 3. The van der Waals surface area contributed by atoms with Crippen molar-refractivity contribution in [1.29, 1.82) is 0 Å². The first-order chi connectivity index (χ1) is 15.0. The molecule has 0 aromatic heterocycles. The fourth-order valence-electron chi connectivity index (χ4n) is 3.39. The lowest BCUT2D eigenvalue weighted by Crippen LogP contribution is -2.39. The summed E-state index contributed by atoms with van der Waals surface area (Å²) in [4.78, 5) is 24.6. The molecule has 0 saturated carbocycles. The van der Waals surface area contributed by atoms with E-state index in [2.05, 4.69) is 12.1 Å². The van der Waals surface area contributed by atoms with Crippen molar-refractivity contribution in [3.8, 4) is 16.9 Å². The van der Waals surface area contributed by atoms with Crippen LogP contribution in [0.25, 0.3) is 11.1 Å². The first-order valence-electron chi connectivity index (χ1n) is 11.2. The van der Waals surface area contributed by atoms with Crippen molar-refractivity contribution >= 4 is 11.9 Å². The zero-order valence-corrected chi connectivity index (χ0v) is 20.3. The van der Waals surface area contributed by atoms with Gasteiger partial charge in [-0.2, -0.15) is 0 Å². The summed E-state index contributed by atoms with van der Waals surface area (Å²) in [7, 11) is 0. The highest BCUT2D eigenvalue weighted by atomic mass is 16.6. The Hall–Kier alpha value is -2.82. The van der Waals surface area contributed by atoms with E-state index < -0.39 is 29.6 Å². The summed E-state index contributed by atoms with van der Waals surface area (Å²) in [5.41, 5.74) is 1.58. The molecule has 2 rings (SSSR count). The van der Waals surface area contributed by atoms with Crippen LogP contribution in [0.1, 0.15) is 54.9 Å². The fraction of sp³-hybridized carbons (Fsp3) is 0.481. The summed E-state index contributed by atoms with van der Waals surface area (Å²) in [6.07, 6.45) is -0.836. The lowest BCUT2D eigenvalue weighted by molar-refractivity contribution is -0.165. The number of benzene rings is 2. The average Bonchev–Trinajstić information content (AvgIpc) is 2.71. The maximum Gasteiger partial charge on any atom is 0.309 e. The molecule has 32 heavy (non-hydrogen) atoms. The third-order valence-corrected chi connectivity index (χ3v) is 4.93. The molecule has 0 N–H and O–H groups in total. The first kappa shape index (κ1) is 25.4. The van der Waals surface area contributed by atoms with Crippen molar-refractivity contribution < 1.29 is 23.8 Å². The van der Waals surface area contributed by atoms with Crippen molar-refractivity contribution in [2.24, 2.45) is 11.8 Å². The van der Waals surface area contributed by atoms with Gasteiger partial charge >= 0.3 is 11.9 Å². The summed E-state index contributed by atoms with van der Waals surface area (Å²) < 4.78 is 17.2. The molecule has 174 valence electrons. The highest BCUT2D eigenvalue weighted by Crippen LogP contribution is 2.26. The second-order valence-corrected chi connectivity index (χ2v) is 9.55. The minimum absolute atomic E-state index is 0.0187. The molecular formula is C27H36O5.